The number of benzene rings is 2. The first kappa shape index (κ1) is 25.4. The number of hydrogen-bond acceptors (Lipinski definition) is 5. The van der Waals surface area contributed by atoms with Gasteiger partial charge in [-0.25, -0.2) is 0 Å². The molecule has 2 heterocycles. The summed E-state index contributed by atoms with van der Waals surface area (Å²) in [6, 6.07) is 10.3. The van der Waals surface area contributed by atoms with Crippen molar-refractivity contribution in [3.63, 3.8) is 0 Å². The lowest BCUT2D eigenvalue weighted by molar-refractivity contribution is -0.141. The number of ether oxygens (including phenoxy) is 2. The Balaban J connectivity index is 1.28. The van der Waals surface area contributed by atoms with E-state index in [0.29, 0.717) is 36.7 Å². The molecule has 0 atom stereocenters. The van der Waals surface area contributed by atoms with E-state index >= 15 is 0 Å². The van der Waals surface area contributed by atoms with Crippen LogP contribution in [0.3, 0.4) is 0 Å². The van der Waals surface area contributed by atoms with Crippen LogP contribution < -0.4 is 9.47 Å². The maximum absolute atomic E-state index is 13.2. The molecule has 1 N–H and O–H groups in total. The number of rotatable bonds is 12. The molecule has 0 aliphatic rings. The standard InChI is InChI=1S/C26H27F3N2O5/c1-2-7-18-22(11-10-19-24(18)36-30-25(19)26(27,28)29)35-15-5-3-4-14-34-21-9-6-8-20-17(21)12-13-31(20)16-23(32)33/h6,8-13H,2-5,7,14-16H2,1H3,(H,32,33). The quantitative estimate of drug-likeness (QED) is 0.223. The number of carboxylic acid groups (broad SMARTS) is 1. The summed E-state index contributed by atoms with van der Waals surface area (Å²) in [6.07, 6.45) is 0.767. The van der Waals surface area contributed by atoms with Gasteiger partial charge in [0, 0.05) is 17.1 Å². The topological polar surface area (TPSA) is 86.7 Å². The van der Waals surface area contributed by atoms with Gasteiger partial charge in [0.1, 0.15) is 18.0 Å². The fraction of sp³-hybridized carbons (Fsp3) is 0.385. The summed E-state index contributed by atoms with van der Waals surface area (Å²) in [5.41, 5.74) is 0.513. The molecule has 0 radical (unpaired) electrons. The molecule has 7 nitrogen and oxygen atoms in total. The number of aliphatic carboxylic acids is 1. The molecule has 0 fully saturated rings. The van der Waals surface area contributed by atoms with Crippen LogP contribution in [0.4, 0.5) is 13.2 Å². The van der Waals surface area contributed by atoms with Crippen LogP contribution in [0.2, 0.25) is 0 Å². The Hall–Kier alpha value is -3.69. The van der Waals surface area contributed by atoms with Crippen molar-refractivity contribution in [2.24, 2.45) is 0 Å². The van der Waals surface area contributed by atoms with Crippen molar-refractivity contribution in [3.8, 4) is 11.5 Å². The molecule has 10 heteroatoms. The largest absolute Gasteiger partial charge is 0.493 e. The third-order valence-corrected chi connectivity index (χ3v) is 5.85. The molecule has 0 aliphatic carbocycles. The summed E-state index contributed by atoms with van der Waals surface area (Å²) in [6.45, 7) is 2.73. The van der Waals surface area contributed by atoms with Gasteiger partial charge in [-0.15, -0.1) is 0 Å². The normalized spacial score (nSPS) is 11.9. The Labute approximate surface area is 205 Å². The van der Waals surface area contributed by atoms with Crippen LogP contribution in [-0.4, -0.2) is 34.0 Å². The highest BCUT2D eigenvalue weighted by atomic mass is 19.4. The molecule has 36 heavy (non-hydrogen) atoms. The first-order chi connectivity index (χ1) is 17.3. The lowest BCUT2D eigenvalue weighted by atomic mass is 10.0. The summed E-state index contributed by atoms with van der Waals surface area (Å²) in [5.74, 6) is 0.313. The number of alkyl halides is 3. The first-order valence-electron chi connectivity index (χ1n) is 11.8. The fourth-order valence-corrected chi connectivity index (χ4v) is 4.22. The van der Waals surface area contributed by atoms with E-state index in [2.05, 4.69) is 5.16 Å². The number of carboxylic acids is 1. The molecule has 0 aliphatic heterocycles. The van der Waals surface area contributed by atoms with E-state index in [1.165, 1.54) is 6.07 Å². The van der Waals surface area contributed by atoms with E-state index in [1.54, 1.807) is 16.8 Å². The van der Waals surface area contributed by atoms with Crippen LogP contribution >= 0.6 is 0 Å². The van der Waals surface area contributed by atoms with Gasteiger partial charge in [0.25, 0.3) is 0 Å². The Kier molecular flexibility index (Phi) is 7.71. The van der Waals surface area contributed by atoms with Gasteiger partial charge in [-0.2, -0.15) is 13.2 Å². The number of nitrogens with zero attached hydrogens (tertiary/aromatic N) is 2. The molecule has 4 rings (SSSR count). The zero-order chi connectivity index (χ0) is 25.7. The minimum Gasteiger partial charge on any atom is -0.493 e. The second-order valence-electron chi connectivity index (χ2n) is 8.48. The molecule has 2 aromatic heterocycles. The first-order valence-corrected chi connectivity index (χ1v) is 11.8. The van der Waals surface area contributed by atoms with Gasteiger partial charge in [0.05, 0.1) is 24.1 Å². The third-order valence-electron chi connectivity index (χ3n) is 5.85. The fourth-order valence-electron chi connectivity index (χ4n) is 4.22. The summed E-state index contributed by atoms with van der Waals surface area (Å²) in [5, 5.41) is 13.1. The van der Waals surface area contributed by atoms with Gasteiger partial charge in [-0.3, -0.25) is 4.79 Å². The number of aryl methyl sites for hydroxylation is 1. The SMILES string of the molecule is CCCc1c(OCCCCCOc2cccc3c2ccn3CC(=O)O)ccc2c(C(F)(F)F)noc12. The number of aromatic nitrogens is 2. The minimum absolute atomic E-state index is 0.0521. The Morgan fingerprint density at radius 3 is 2.47 bits per heavy atom. The highest BCUT2D eigenvalue weighted by Crippen LogP contribution is 2.38. The van der Waals surface area contributed by atoms with Crippen LogP contribution in [0.1, 0.15) is 43.9 Å². The van der Waals surface area contributed by atoms with Crippen molar-refractivity contribution in [2.45, 2.75) is 51.7 Å². The third kappa shape index (κ3) is 5.58. The van der Waals surface area contributed by atoms with Crippen LogP contribution in [0.25, 0.3) is 21.9 Å². The van der Waals surface area contributed by atoms with Crippen molar-refractivity contribution in [2.75, 3.05) is 13.2 Å². The highest BCUT2D eigenvalue weighted by Gasteiger charge is 2.37. The Morgan fingerprint density at radius 1 is 1.03 bits per heavy atom. The molecule has 4 aromatic rings. The molecule has 0 spiro atoms. The van der Waals surface area contributed by atoms with Gasteiger partial charge in [0.15, 0.2) is 11.3 Å². The van der Waals surface area contributed by atoms with Gasteiger partial charge in [0.2, 0.25) is 0 Å². The summed E-state index contributed by atoms with van der Waals surface area (Å²) < 4.78 is 58.0. The van der Waals surface area contributed by atoms with Crippen LogP contribution in [0, 0.1) is 0 Å². The summed E-state index contributed by atoms with van der Waals surface area (Å²) in [7, 11) is 0. The van der Waals surface area contributed by atoms with Gasteiger partial charge >= 0.3 is 12.1 Å². The van der Waals surface area contributed by atoms with E-state index in [0.717, 1.165) is 36.6 Å². The zero-order valence-electron chi connectivity index (χ0n) is 19.8. The monoisotopic (exact) mass is 504 g/mol. The van der Waals surface area contributed by atoms with Crippen molar-refractivity contribution in [3.05, 3.63) is 53.9 Å². The van der Waals surface area contributed by atoms with Crippen molar-refractivity contribution in [1.82, 2.24) is 9.72 Å². The average Bonchev–Trinajstić information content (AvgIpc) is 3.44. The lowest BCUT2D eigenvalue weighted by Gasteiger charge is -2.12. The van der Waals surface area contributed by atoms with Gasteiger partial charge in [-0.1, -0.05) is 24.6 Å². The molecule has 192 valence electrons. The van der Waals surface area contributed by atoms with Crippen LogP contribution in [-0.2, 0) is 23.9 Å². The van der Waals surface area contributed by atoms with Crippen molar-refractivity contribution in [1.29, 1.82) is 0 Å². The maximum atomic E-state index is 13.2. The van der Waals surface area contributed by atoms with E-state index in [1.807, 2.05) is 31.2 Å². The molecule has 2 aromatic carbocycles. The zero-order valence-corrected chi connectivity index (χ0v) is 19.8. The average molecular weight is 505 g/mol. The minimum atomic E-state index is -4.58. The van der Waals surface area contributed by atoms with Crippen LogP contribution in [0.5, 0.6) is 11.5 Å². The molecule has 0 saturated carbocycles. The van der Waals surface area contributed by atoms with Crippen molar-refractivity contribution < 1.29 is 37.1 Å². The number of unbranched alkanes of at least 4 members (excludes halogenated alkanes) is 2. The second kappa shape index (κ2) is 10.9. The summed E-state index contributed by atoms with van der Waals surface area (Å²) in [4.78, 5) is 11.0. The van der Waals surface area contributed by atoms with Crippen molar-refractivity contribution >= 4 is 27.8 Å². The van der Waals surface area contributed by atoms with E-state index in [9.17, 15) is 18.0 Å². The van der Waals surface area contributed by atoms with Gasteiger partial charge in [-0.05, 0) is 56.0 Å². The van der Waals surface area contributed by atoms with Crippen LogP contribution in [0.15, 0.2) is 47.1 Å². The van der Waals surface area contributed by atoms with Gasteiger partial charge < -0.3 is 23.7 Å². The number of hydrogen-bond donors (Lipinski definition) is 1. The summed E-state index contributed by atoms with van der Waals surface area (Å²) >= 11 is 0. The maximum Gasteiger partial charge on any atom is 0.437 e. The van der Waals surface area contributed by atoms with E-state index in [-0.39, 0.29) is 17.5 Å². The number of carbonyl (C=O) groups is 1. The van der Waals surface area contributed by atoms with E-state index < -0.39 is 17.8 Å². The molecular weight excluding hydrogens is 477 g/mol. The number of fused-ring (bicyclic) bond motifs is 2. The lowest BCUT2D eigenvalue weighted by Crippen LogP contribution is -2.07. The highest BCUT2D eigenvalue weighted by molar-refractivity contribution is 5.87. The molecular formula is C26H27F3N2O5. The predicted octanol–water partition coefficient (Wildman–Crippen LogP) is 6.47. The molecule has 0 saturated heterocycles. The van der Waals surface area contributed by atoms with E-state index in [4.69, 9.17) is 19.1 Å². The molecule has 0 bridgehead atoms. The smallest absolute Gasteiger partial charge is 0.437 e. The second-order valence-corrected chi connectivity index (χ2v) is 8.48. The molecule has 0 amide bonds. The Morgan fingerprint density at radius 2 is 1.78 bits per heavy atom. The molecule has 0 unspecified atom stereocenters. The number of halogens is 3. The predicted molar refractivity (Wildman–Crippen MR) is 127 cm³/mol. The Bertz CT molecular complexity index is 1340.